The first-order valence-corrected chi connectivity index (χ1v) is 7.98. The third-order valence-electron chi connectivity index (χ3n) is 4.01. The summed E-state index contributed by atoms with van der Waals surface area (Å²) in [7, 11) is 1.48. The van der Waals surface area contributed by atoms with E-state index in [1.165, 1.54) is 19.2 Å². The lowest BCUT2D eigenvalue weighted by Gasteiger charge is -2.14. The average molecular weight is 358 g/mol. The Morgan fingerprint density at radius 2 is 2.08 bits per heavy atom. The van der Waals surface area contributed by atoms with Crippen LogP contribution in [0.4, 0.5) is 0 Å². The van der Waals surface area contributed by atoms with Crippen molar-refractivity contribution in [1.82, 2.24) is 9.55 Å². The van der Waals surface area contributed by atoms with Crippen molar-refractivity contribution in [3.8, 4) is 16.9 Å². The van der Waals surface area contributed by atoms with Crippen LogP contribution >= 0.6 is 11.6 Å². The van der Waals surface area contributed by atoms with E-state index in [1.807, 2.05) is 13.0 Å². The number of hydrogen-bond acceptors (Lipinski definition) is 4. The van der Waals surface area contributed by atoms with Crippen molar-refractivity contribution in [3.05, 3.63) is 52.7 Å². The number of aryl methyl sites for hydroxylation is 1. The van der Waals surface area contributed by atoms with E-state index in [-0.39, 0.29) is 11.1 Å². The van der Waals surface area contributed by atoms with Crippen LogP contribution in [0.5, 0.6) is 5.75 Å². The second-order valence-electron chi connectivity index (χ2n) is 5.47. The van der Waals surface area contributed by atoms with Gasteiger partial charge in [0.05, 0.1) is 18.2 Å². The van der Waals surface area contributed by atoms with E-state index in [1.54, 1.807) is 22.9 Å². The van der Waals surface area contributed by atoms with Gasteiger partial charge in [0, 0.05) is 23.7 Å². The fourth-order valence-corrected chi connectivity index (χ4v) is 2.96. The lowest BCUT2D eigenvalue weighted by molar-refractivity contribution is 0.0696. The molecule has 0 radical (unpaired) electrons. The van der Waals surface area contributed by atoms with Crippen molar-refractivity contribution in [2.45, 2.75) is 13.5 Å². The molecular weight excluding hydrogens is 342 g/mol. The van der Waals surface area contributed by atoms with E-state index in [0.717, 1.165) is 10.9 Å². The molecule has 0 aliphatic rings. The van der Waals surface area contributed by atoms with Crippen LogP contribution in [-0.4, -0.2) is 27.7 Å². The van der Waals surface area contributed by atoms with Gasteiger partial charge < -0.3 is 14.4 Å². The molecule has 0 unspecified atom stereocenters. The summed E-state index contributed by atoms with van der Waals surface area (Å²) in [6, 6.07) is 8.23. The molecule has 3 rings (SSSR count). The number of methoxy groups -OCH3 is 1. The summed E-state index contributed by atoms with van der Waals surface area (Å²) < 4.78 is 7.01. The number of halogens is 1. The number of pyridine rings is 2. The number of aromatic carboxylic acids is 1. The van der Waals surface area contributed by atoms with Gasteiger partial charge in [0.25, 0.3) is 0 Å². The van der Waals surface area contributed by atoms with Crippen LogP contribution in [0.3, 0.4) is 0 Å². The van der Waals surface area contributed by atoms with Crippen molar-refractivity contribution < 1.29 is 14.6 Å². The first-order valence-electron chi connectivity index (χ1n) is 7.61. The molecule has 0 aliphatic heterocycles. The predicted octanol–water partition coefficient (Wildman–Crippen LogP) is 3.56. The van der Waals surface area contributed by atoms with Crippen LogP contribution in [0.25, 0.3) is 22.0 Å². The molecule has 7 heteroatoms. The summed E-state index contributed by atoms with van der Waals surface area (Å²) in [5.41, 5.74) is 2.37. The number of carboxylic acids is 1. The monoisotopic (exact) mass is 357 g/mol. The molecule has 0 amide bonds. The highest BCUT2D eigenvalue weighted by Gasteiger charge is 2.13. The van der Waals surface area contributed by atoms with Crippen LogP contribution in [0, 0.1) is 5.41 Å². The first-order chi connectivity index (χ1) is 11.9. The summed E-state index contributed by atoms with van der Waals surface area (Å²) in [5.74, 6) is -0.629. The number of benzene rings is 1. The Morgan fingerprint density at radius 1 is 1.32 bits per heavy atom. The predicted molar refractivity (Wildman–Crippen MR) is 95.2 cm³/mol. The molecule has 0 aliphatic carbocycles. The topological polar surface area (TPSA) is 88.2 Å². The Morgan fingerprint density at radius 3 is 2.72 bits per heavy atom. The lowest BCUT2D eigenvalue weighted by atomic mass is 10.0. The molecule has 6 nitrogen and oxygen atoms in total. The van der Waals surface area contributed by atoms with Crippen LogP contribution in [-0.2, 0) is 6.54 Å². The van der Waals surface area contributed by atoms with Crippen molar-refractivity contribution in [2.24, 2.45) is 0 Å². The summed E-state index contributed by atoms with van der Waals surface area (Å²) in [5, 5.41) is 19.0. The van der Waals surface area contributed by atoms with Gasteiger partial charge in [-0.3, -0.25) is 5.41 Å². The zero-order valence-corrected chi connectivity index (χ0v) is 14.5. The minimum atomic E-state index is -1.05. The summed E-state index contributed by atoms with van der Waals surface area (Å²) in [6.45, 7) is 2.50. The smallest absolute Gasteiger partial charge is 0.335 e. The van der Waals surface area contributed by atoms with Gasteiger partial charge in [-0.25, -0.2) is 9.78 Å². The lowest BCUT2D eigenvalue weighted by Crippen LogP contribution is -2.21. The number of rotatable bonds is 4. The van der Waals surface area contributed by atoms with Gasteiger partial charge in [-0.1, -0.05) is 11.6 Å². The summed E-state index contributed by atoms with van der Waals surface area (Å²) >= 11 is 5.98. The van der Waals surface area contributed by atoms with Gasteiger partial charge >= 0.3 is 5.97 Å². The molecular formula is C18H16ClN3O3. The van der Waals surface area contributed by atoms with Gasteiger partial charge in [0.1, 0.15) is 16.4 Å². The minimum absolute atomic E-state index is 0.103. The summed E-state index contributed by atoms with van der Waals surface area (Å²) in [4.78, 5) is 15.5. The van der Waals surface area contributed by atoms with Crippen LogP contribution in [0.2, 0.25) is 5.15 Å². The highest BCUT2D eigenvalue weighted by Crippen LogP contribution is 2.27. The standard InChI is InChI=1S/C18H16ClN3O3/c1-3-22-15-8-16(19)21-9-12(15)7-14(17(22)20)10-4-11(18(23)24)6-13(5-10)25-2/h4-9,20H,3H2,1-2H3,(H,23,24). The second kappa shape index (κ2) is 6.57. The highest BCUT2D eigenvalue weighted by atomic mass is 35.5. The maximum Gasteiger partial charge on any atom is 0.335 e. The number of nitrogens with one attached hydrogen (secondary N) is 1. The van der Waals surface area contributed by atoms with E-state index in [2.05, 4.69) is 4.98 Å². The molecule has 25 heavy (non-hydrogen) atoms. The van der Waals surface area contributed by atoms with Crippen molar-refractivity contribution >= 4 is 28.5 Å². The average Bonchev–Trinajstić information content (AvgIpc) is 2.60. The molecule has 0 saturated heterocycles. The number of carboxylic acid groups (broad SMARTS) is 1. The Kier molecular flexibility index (Phi) is 4.46. The molecule has 1 aromatic carbocycles. The quantitative estimate of drug-likeness (QED) is 0.699. The van der Waals surface area contributed by atoms with E-state index in [0.29, 0.717) is 28.6 Å². The van der Waals surface area contributed by atoms with Gasteiger partial charge in [0.2, 0.25) is 0 Å². The Bertz CT molecular complexity index is 1040. The molecule has 0 fully saturated rings. The third kappa shape index (κ3) is 3.08. The van der Waals surface area contributed by atoms with Gasteiger partial charge in [-0.15, -0.1) is 0 Å². The number of hydrogen-bond donors (Lipinski definition) is 2. The van der Waals surface area contributed by atoms with Crippen LogP contribution in [0.15, 0.2) is 36.5 Å². The van der Waals surface area contributed by atoms with Crippen molar-refractivity contribution in [2.75, 3.05) is 7.11 Å². The normalized spacial score (nSPS) is 10.8. The molecule has 0 spiro atoms. The molecule has 0 atom stereocenters. The first kappa shape index (κ1) is 17.0. The number of carbonyl (C=O) groups is 1. The fourth-order valence-electron chi connectivity index (χ4n) is 2.81. The maximum absolute atomic E-state index is 11.4. The molecule has 128 valence electrons. The van der Waals surface area contributed by atoms with Gasteiger partial charge in [0.15, 0.2) is 0 Å². The molecule has 2 aromatic heterocycles. The van der Waals surface area contributed by atoms with E-state index < -0.39 is 5.97 Å². The largest absolute Gasteiger partial charge is 0.497 e. The van der Waals surface area contributed by atoms with E-state index in [4.69, 9.17) is 21.7 Å². The van der Waals surface area contributed by atoms with Crippen molar-refractivity contribution in [3.63, 3.8) is 0 Å². The van der Waals surface area contributed by atoms with E-state index >= 15 is 0 Å². The Labute approximate surface area is 148 Å². The Hall–Kier alpha value is -2.86. The Balaban J connectivity index is 2.35. The number of nitrogens with zero attached hydrogens (tertiary/aromatic N) is 2. The molecule has 0 bridgehead atoms. The second-order valence-corrected chi connectivity index (χ2v) is 5.86. The maximum atomic E-state index is 11.4. The van der Waals surface area contributed by atoms with Crippen LogP contribution < -0.4 is 10.2 Å². The molecule has 2 N–H and O–H groups in total. The zero-order chi connectivity index (χ0) is 18.1. The number of ether oxygens (including phenoxy) is 1. The number of fused-ring (bicyclic) bond motifs is 1. The third-order valence-corrected chi connectivity index (χ3v) is 4.22. The molecule has 0 saturated carbocycles. The summed E-state index contributed by atoms with van der Waals surface area (Å²) in [6.07, 6.45) is 1.64. The fraction of sp³-hybridized carbons (Fsp3) is 0.167. The molecule has 3 aromatic rings. The SMILES string of the molecule is CCn1c(=N)c(-c2cc(OC)cc(C(=O)O)c2)cc2cnc(Cl)cc21. The minimum Gasteiger partial charge on any atom is -0.497 e. The van der Waals surface area contributed by atoms with Crippen molar-refractivity contribution in [1.29, 1.82) is 5.41 Å². The van der Waals surface area contributed by atoms with Gasteiger partial charge in [-0.2, -0.15) is 0 Å². The van der Waals surface area contributed by atoms with Gasteiger partial charge in [-0.05, 0) is 42.8 Å². The van der Waals surface area contributed by atoms with Crippen LogP contribution in [0.1, 0.15) is 17.3 Å². The molecule has 2 heterocycles. The highest BCUT2D eigenvalue weighted by molar-refractivity contribution is 6.30. The van der Waals surface area contributed by atoms with E-state index in [9.17, 15) is 9.90 Å². The number of aromatic nitrogens is 2. The zero-order valence-electron chi connectivity index (χ0n) is 13.7.